The fraction of sp³-hybridized carbons (Fsp3) is 0.294. The molecule has 0 spiro atoms. The first-order valence-electron chi connectivity index (χ1n) is 6.40. The summed E-state index contributed by atoms with van der Waals surface area (Å²) >= 11 is 0. The molecule has 1 aliphatic rings. The first-order valence-corrected chi connectivity index (χ1v) is 6.40. The van der Waals surface area contributed by atoms with E-state index in [0.717, 1.165) is 0 Å². The van der Waals surface area contributed by atoms with E-state index in [1.54, 1.807) is 5.56 Å². The Morgan fingerprint density at radius 1 is 0.882 bits per heavy atom. The molecule has 17 heavy (non-hydrogen) atoms. The van der Waals surface area contributed by atoms with Crippen molar-refractivity contribution in [1.82, 2.24) is 0 Å². The van der Waals surface area contributed by atoms with Gasteiger partial charge in [-0.15, -0.1) is 0 Å². The first kappa shape index (κ1) is 10.6. The highest BCUT2D eigenvalue weighted by molar-refractivity contribution is 5.43. The van der Waals surface area contributed by atoms with Crippen LogP contribution in [0, 0.1) is 6.92 Å². The lowest BCUT2D eigenvalue weighted by molar-refractivity contribution is 0.623. The zero-order valence-electron chi connectivity index (χ0n) is 10.5. The molecule has 3 rings (SSSR count). The van der Waals surface area contributed by atoms with Crippen molar-refractivity contribution >= 4 is 0 Å². The molecule has 0 saturated carbocycles. The van der Waals surface area contributed by atoms with Gasteiger partial charge >= 0.3 is 0 Å². The summed E-state index contributed by atoms with van der Waals surface area (Å²) in [7, 11) is 0. The molecule has 86 valence electrons. The Bertz CT molecular complexity index is 539. The molecule has 1 aliphatic carbocycles. The predicted molar refractivity (Wildman–Crippen MR) is 72.5 cm³/mol. The van der Waals surface area contributed by atoms with Crippen LogP contribution < -0.4 is 0 Å². The molecular weight excluding hydrogens is 204 g/mol. The number of hydrogen-bond donors (Lipinski definition) is 0. The van der Waals surface area contributed by atoms with E-state index in [0.29, 0.717) is 11.8 Å². The van der Waals surface area contributed by atoms with Crippen LogP contribution in [-0.4, -0.2) is 0 Å². The summed E-state index contributed by atoms with van der Waals surface area (Å²) in [6.45, 7) is 4.59. The molecule has 0 aromatic heterocycles. The third kappa shape index (κ3) is 1.68. The van der Waals surface area contributed by atoms with Gasteiger partial charge in [0, 0.05) is 0 Å². The molecular formula is C17H18. The Morgan fingerprint density at radius 3 is 2.24 bits per heavy atom. The summed E-state index contributed by atoms with van der Waals surface area (Å²) in [5, 5.41) is 0. The van der Waals surface area contributed by atoms with Crippen molar-refractivity contribution in [2.75, 3.05) is 0 Å². The van der Waals surface area contributed by atoms with Crippen LogP contribution in [0.25, 0.3) is 0 Å². The van der Waals surface area contributed by atoms with Gasteiger partial charge in [0.1, 0.15) is 0 Å². The number of benzene rings is 2. The van der Waals surface area contributed by atoms with Gasteiger partial charge in [-0.25, -0.2) is 0 Å². The second-order valence-corrected chi connectivity index (χ2v) is 5.15. The third-order valence-corrected chi connectivity index (χ3v) is 4.18. The fourth-order valence-corrected chi connectivity index (χ4v) is 3.18. The number of hydrogen-bond acceptors (Lipinski definition) is 0. The van der Waals surface area contributed by atoms with Crippen molar-refractivity contribution in [3.05, 3.63) is 70.8 Å². The highest BCUT2D eigenvalue weighted by atomic mass is 14.3. The minimum absolute atomic E-state index is 0.646. The average Bonchev–Trinajstić information content (AvgIpc) is 2.68. The van der Waals surface area contributed by atoms with Crippen molar-refractivity contribution in [3.8, 4) is 0 Å². The van der Waals surface area contributed by atoms with E-state index < -0.39 is 0 Å². The van der Waals surface area contributed by atoms with Crippen molar-refractivity contribution in [2.45, 2.75) is 32.1 Å². The van der Waals surface area contributed by atoms with Crippen molar-refractivity contribution in [1.29, 1.82) is 0 Å². The highest BCUT2D eigenvalue weighted by Crippen LogP contribution is 2.44. The standard InChI is InChI=1S/C17H18/c1-12-7-3-5-9-15(12)17-11-14-8-4-6-10-16(14)13(17)2/h3-10,13,17H,11H2,1-2H3. The van der Waals surface area contributed by atoms with Crippen LogP contribution in [0.1, 0.15) is 41.0 Å². The molecule has 0 heteroatoms. The Balaban J connectivity index is 2.02. The van der Waals surface area contributed by atoms with Gasteiger partial charge in [-0.2, -0.15) is 0 Å². The van der Waals surface area contributed by atoms with Crippen LogP contribution in [0.3, 0.4) is 0 Å². The van der Waals surface area contributed by atoms with E-state index in [-0.39, 0.29) is 0 Å². The summed E-state index contributed by atoms with van der Waals surface area (Å²) in [6, 6.07) is 17.7. The van der Waals surface area contributed by atoms with E-state index in [4.69, 9.17) is 0 Å². The Labute approximate surface area is 103 Å². The summed E-state index contributed by atoms with van der Waals surface area (Å²) in [6.07, 6.45) is 1.20. The van der Waals surface area contributed by atoms with E-state index in [2.05, 4.69) is 62.4 Å². The lowest BCUT2D eigenvalue weighted by atomic mass is 9.86. The molecule has 0 amide bonds. The molecule has 0 radical (unpaired) electrons. The van der Waals surface area contributed by atoms with E-state index >= 15 is 0 Å². The Hall–Kier alpha value is -1.56. The highest BCUT2D eigenvalue weighted by Gasteiger charge is 2.30. The molecule has 2 unspecified atom stereocenters. The summed E-state index contributed by atoms with van der Waals surface area (Å²) in [4.78, 5) is 0. The van der Waals surface area contributed by atoms with Crippen LogP contribution in [0.2, 0.25) is 0 Å². The molecule has 2 atom stereocenters. The minimum Gasteiger partial charge on any atom is -0.0620 e. The van der Waals surface area contributed by atoms with Gasteiger partial charge in [-0.3, -0.25) is 0 Å². The van der Waals surface area contributed by atoms with E-state index in [1.165, 1.54) is 23.1 Å². The maximum absolute atomic E-state index is 2.36. The van der Waals surface area contributed by atoms with Gasteiger partial charge in [-0.1, -0.05) is 55.5 Å². The maximum Gasteiger partial charge on any atom is -0.00525 e. The zero-order chi connectivity index (χ0) is 11.8. The van der Waals surface area contributed by atoms with Gasteiger partial charge in [0.15, 0.2) is 0 Å². The van der Waals surface area contributed by atoms with Crippen LogP contribution >= 0.6 is 0 Å². The van der Waals surface area contributed by atoms with Gasteiger partial charge in [0.25, 0.3) is 0 Å². The molecule has 0 fully saturated rings. The molecule has 2 aromatic rings. The van der Waals surface area contributed by atoms with Crippen LogP contribution in [0.4, 0.5) is 0 Å². The van der Waals surface area contributed by atoms with Crippen molar-refractivity contribution in [2.24, 2.45) is 0 Å². The van der Waals surface area contributed by atoms with Crippen LogP contribution in [0.5, 0.6) is 0 Å². The number of rotatable bonds is 1. The molecule has 0 heterocycles. The Kier molecular flexibility index (Phi) is 2.51. The maximum atomic E-state index is 2.36. The van der Waals surface area contributed by atoms with Gasteiger partial charge in [0.05, 0.1) is 0 Å². The quantitative estimate of drug-likeness (QED) is 0.669. The number of fused-ring (bicyclic) bond motifs is 1. The summed E-state index contributed by atoms with van der Waals surface area (Å²) < 4.78 is 0. The second kappa shape index (κ2) is 4.03. The Morgan fingerprint density at radius 2 is 1.53 bits per heavy atom. The fourth-order valence-electron chi connectivity index (χ4n) is 3.18. The predicted octanol–water partition coefficient (Wildman–Crippen LogP) is 4.44. The van der Waals surface area contributed by atoms with E-state index in [1.807, 2.05) is 0 Å². The second-order valence-electron chi connectivity index (χ2n) is 5.15. The molecule has 0 nitrogen and oxygen atoms in total. The molecule has 0 bridgehead atoms. The van der Waals surface area contributed by atoms with Crippen LogP contribution in [-0.2, 0) is 6.42 Å². The van der Waals surface area contributed by atoms with Gasteiger partial charge < -0.3 is 0 Å². The van der Waals surface area contributed by atoms with Crippen LogP contribution in [0.15, 0.2) is 48.5 Å². The SMILES string of the molecule is Cc1ccccc1C1Cc2ccccc2C1C. The minimum atomic E-state index is 0.646. The lowest BCUT2D eigenvalue weighted by Gasteiger charge is -2.18. The number of aryl methyl sites for hydroxylation is 1. The topological polar surface area (TPSA) is 0 Å². The van der Waals surface area contributed by atoms with Crippen molar-refractivity contribution in [3.63, 3.8) is 0 Å². The van der Waals surface area contributed by atoms with Gasteiger partial charge in [0.2, 0.25) is 0 Å². The monoisotopic (exact) mass is 222 g/mol. The molecule has 0 aliphatic heterocycles. The largest absolute Gasteiger partial charge is 0.0620 e. The summed E-state index contributed by atoms with van der Waals surface area (Å²) in [5.41, 5.74) is 6.03. The third-order valence-electron chi connectivity index (χ3n) is 4.18. The summed E-state index contributed by atoms with van der Waals surface area (Å²) in [5.74, 6) is 1.31. The first-order chi connectivity index (χ1) is 8.27. The molecule has 0 N–H and O–H groups in total. The normalized spacial score (nSPS) is 22.5. The zero-order valence-corrected chi connectivity index (χ0v) is 10.5. The van der Waals surface area contributed by atoms with Gasteiger partial charge in [-0.05, 0) is 47.4 Å². The van der Waals surface area contributed by atoms with E-state index in [9.17, 15) is 0 Å². The molecule has 2 aromatic carbocycles. The molecule has 0 saturated heterocycles. The smallest absolute Gasteiger partial charge is 0.00525 e. The lowest BCUT2D eigenvalue weighted by Crippen LogP contribution is -2.04. The van der Waals surface area contributed by atoms with Crippen molar-refractivity contribution < 1.29 is 0 Å². The average molecular weight is 222 g/mol.